The van der Waals surface area contributed by atoms with Gasteiger partial charge in [-0.15, -0.1) is 0 Å². The van der Waals surface area contributed by atoms with E-state index in [1.807, 2.05) is 85.8 Å². The lowest BCUT2D eigenvalue weighted by Gasteiger charge is -2.35. The van der Waals surface area contributed by atoms with Crippen LogP contribution in [0.1, 0.15) is 17.0 Å². The fourth-order valence-corrected chi connectivity index (χ4v) is 5.49. The number of aryl methyl sites for hydroxylation is 1. The molecule has 16 nitrogen and oxygen atoms in total. The molecule has 0 saturated carbocycles. The highest BCUT2D eigenvalue weighted by molar-refractivity contribution is 6.01. The molecule has 4 aromatic heterocycles. The van der Waals surface area contributed by atoms with E-state index in [0.29, 0.717) is 35.2 Å². The van der Waals surface area contributed by atoms with E-state index in [1.54, 1.807) is 12.4 Å². The van der Waals surface area contributed by atoms with Crippen molar-refractivity contribution >= 4 is 57.8 Å². The van der Waals surface area contributed by atoms with Crippen molar-refractivity contribution in [3.63, 3.8) is 0 Å². The molecule has 6 aromatic rings. The van der Waals surface area contributed by atoms with E-state index in [1.165, 1.54) is 0 Å². The van der Waals surface area contributed by atoms with Gasteiger partial charge >= 0.3 is 24.3 Å². The summed E-state index contributed by atoms with van der Waals surface area (Å²) in [6.45, 7) is 2.03. The van der Waals surface area contributed by atoms with Crippen molar-refractivity contribution in [1.29, 1.82) is 0 Å². The highest BCUT2D eigenvalue weighted by Crippen LogP contribution is 2.48. The minimum absolute atomic E-state index is 0.454. The zero-order valence-electron chi connectivity index (χ0n) is 27.8. The first-order chi connectivity index (χ1) is 26.0. The lowest BCUT2D eigenvalue weighted by atomic mass is 9.88. The number of guanidine groups is 2. The lowest BCUT2D eigenvalue weighted by Crippen LogP contribution is -2.61. The van der Waals surface area contributed by atoms with Crippen LogP contribution in [0.2, 0.25) is 0 Å². The maximum Gasteiger partial charge on any atom is 0.490 e. The Bertz CT molecular complexity index is 2360. The zero-order chi connectivity index (χ0) is 39.6. The SMILES string of the molecule is Cc1cccc2[nH]c(NC3=NC4(c5ccccn5)N=C(Nc5nc6ccccc6[nH]5)NC4(c4ccccn4)N3)nc12.O=C(O)C(F)(F)F.O=C(O)C(F)(F)F. The number of hydrogen-bond donors (Lipinski definition) is 8. The van der Waals surface area contributed by atoms with Crippen molar-refractivity contribution in [3.8, 4) is 0 Å². The Kier molecular flexibility index (Phi) is 9.74. The summed E-state index contributed by atoms with van der Waals surface area (Å²) in [5.41, 5.74) is 3.57. The number of hydrogen-bond acceptors (Lipinski definition) is 12. The number of anilines is 2. The molecule has 22 heteroatoms. The third-order valence-corrected chi connectivity index (χ3v) is 7.82. The molecule has 0 fully saturated rings. The highest BCUT2D eigenvalue weighted by atomic mass is 19.4. The Hall–Kier alpha value is -7.26. The maximum atomic E-state index is 10.6. The summed E-state index contributed by atoms with van der Waals surface area (Å²) in [6, 6.07) is 25.3. The van der Waals surface area contributed by atoms with Crippen molar-refractivity contribution in [2.45, 2.75) is 30.6 Å². The molecule has 8 N–H and O–H groups in total. The minimum atomic E-state index is -5.08. The van der Waals surface area contributed by atoms with Crippen LogP contribution in [0.25, 0.3) is 22.1 Å². The van der Waals surface area contributed by atoms with Crippen LogP contribution < -0.4 is 21.3 Å². The third kappa shape index (κ3) is 7.63. The second-order valence-corrected chi connectivity index (χ2v) is 11.5. The number of fused-ring (bicyclic) bond motifs is 3. The van der Waals surface area contributed by atoms with E-state index >= 15 is 0 Å². The van der Waals surface area contributed by atoms with Crippen LogP contribution in [-0.4, -0.2) is 76.3 Å². The van der Waals surface area contributed by atoms with E-state index in [2.05, 4.69) is 36.2 Å². The molecule has 0 saturated heterocycles. The topological polar surface area (TPSA) is 231 Å². The second-order valence-electron chi connectivity index (χ2n) is 11.5. The quantitative estimate of drug-likeness (QED) is 0.111. The fourth-order valence-electron chi connectivity index (χ4n) is 5.49. The predicted molar refractivity (Wildman–Crippen MR) is 185 cm³/mol. The van der Waals surface area contributed by atoms with Crippen molar-refractivity contribution in [1.82, 2.24) is 40.5 Å². The number of imidazole rings is 2. The molecule has 0 aliphatic carbocycles. The third-order valence-electron chi connectivity index (χ3n) is 7.82. The monoisotopic (exact) mass is 768 g/mol. The number of nitrogens with zero attached hydrogens (tertiary/aromatic N) is 6. The smallest absolute Gasteiger partial charge is 0.475 e. The van der Waals surface area contributed by atoms with Gasteiger partial charge in [0.1, 0.15) is 0 Å². The van der Waals surface area contributed by atoms with Crippen LogP contribution in [0.15, 0.2) is 101 Å². The van der Waals surface area contributed by atoms with Crippen LogP contribution in [0.4, 0.5) is 38.2 Å². The molecular formula is C33H26F6N12O4. The number of carboxylic acids is 2. The number of aliphatic imine (C=N–C) groups is 2. The van der Waals surface area contributed by atoms with Gasteiger partial charge in [0.15, 0.2) is 0 Å². The zero-order valence-corrected chi connectivity index (χ0v) is 27.8. The summed E-state index contributed by atoms with van der Waals surface area (Å²) in [5.74, 6) is -3.51. The van der Waals surface area contributed by atoms with Gasteiger partial charge in [-0.3, -0.25) is 20.6 Å². The Morgan fingerprint density at radius 3 is 1.65 bits per heavy atom. The van der Waals surface area contributed by atoms with Crippen molar-refractivity contribution in [2.75, 3.05) is 10.6 Å². The van der Waals surface area contributed by atoms with Gasteiger partial charge in [-0.05, 0) is 55.0 Å². The number of aliphatic carboxylic acids is 2. The van der Waals surface area contributed by atoms with Gasteiger partial charge in [0, 0.05) is 12.4 Å². The molecule has 0 radical (unpaired) electrons. The number of halogens is 6. The number of aromatic amines is 2. The van der Waals surface area contributed by atoms with Crippen LogP contribution in [0.3, 0.4) is 0 Å². The largest absolute Gasteiger partial charge is 0.490 e. The normalized spacial score (nSPS) is 18.7. The summed E-state index contributed by atoms with van der Waals surface area (Å²) >= 11 is 0. The number of carbonyl (C=O) groups is 2. The average molecular weight is 769 g/mol. The Morgan fingerprint density at radius 1 is 0.655 bits per heavy atom. The number of benzene rings is 2. The molecular weight excluding hydrogens is 742 g/mol. The number of aromatic nitrogens is 6. The number of para-hydroxylation sites is 3. The van der Waals surface area contributed by atoms with Gasteiger partial charge in [0.2, 0.25) is 35.1 Å². The molecule has 2 atom stereocenters. The molecule has 0 bridgehead atoms. The Morgan fingerprint density at radius 2 is 1.15 bits per heavy atom. The van der Waals surface area contributed by atoms with E-state index in [-0.39, 0.29) is 0 Å². The Balaban J connectivity index is 0.000000315. The number of rotatable bonds is 4. The van der Waals surface area contributed by atoms with Crippen LogP contribution in [0.5, 0.6) is 0 Å². The first-order valence-corrected chi connectivity index (χ1v) is 15.6. The number of carboxylic acid groups (broad SMARTS) is 2. The molecule has 8 rings (SSSR count). The average Bonchev–Trinajstić information content (AvgIpc) is 3.89. The van der Waals surface area contributed by atoms with Gasteiger partial charge in [0.25, 0.3) is 0 Å². The van der Waals surface area contributed by atoms with Gasteiger partial charge in [-0.1, -0.05) is 36.4 Å². The number of pyridine rings is 2. The lowest BCUT2D eigenvalue weighted by molar-refractivity contribution is -0.193. The van der Waals surface area contributed by atoms with Gasteiger partial charge in [-0.25, -0.2) is 29.5 Å². The standard InChI is InChI=1S/C29H24N12.2C2HF3O2/c1-17-9-8-12-20-23(17)35-25(34-20)37-27-40-28(21-13-4-6-15-30-21)29(41-27,22-14-5-7-16-31-22)39-26(38-28)36-24-32-18-10-2-3-11-19(18)33-24;2*3-2(4,5)1(6)7/h2-16H,1H3,(H3,32,33,36,38,39)(H3,34,35,37,40,41);2*(H,6,7). The fraction of sp³-hybridized carbons (Fsp3) is 0.152. The molecule has 284 valence electrons. The van der Waals surface area contributed by atoms with Crippen molar-refractivity contribution in [2.24, 2.45) is 9.98 Å². The molecule has 2 aliphatic rings. The van der Waals surface area contributed by atoms with Crippen molar-refractivity contribution in [3.05, 3.63) is 108 Å². The summed E-state index contributed by atoms with van der Waals surface area (Å²) in [4.78, 5) is 53.5. The molecule has 2 aromatic carbocycles. The summed E-state index contributed by atoms with van der Waals surface area (Å²) in [6.07, 6.45) is -6.69. The van der Waals surface area contributed by atoms with Gasteiger partial charge in [0.05, 0.1) is 33.5 Å². The number of H-pyrrole nitrogens is 2. The summed E-state index contributed by atoms with van der Waals surface area (Å²) in [7, 11) is 0. The van der Waals surface area contributed by atoms with Crippen LogP contribution in [0, 0.1) is 6.92 Å². The molecule has 0 spiro atoms. The molecule has 55 heavy (non-hydrogen) atoms. The highest BCUT2D eigenvalue weighted by Gasteiger charge is 2.65. The molecule has 0 amide bonds. The van der Waals surface area contributed by atoms with Crippen LogP contribution in [-0.2, 0) is 20.9 Å². The van der Waals surface area contributed by atoms with E-state index < -0.39 is 35.6 Å². The maximum absolute atomic E-state index is 10.6. The van der Waals surface area contributed by atoms with Crippen LogP contribution >= 0.6 is 0 Å². The van der Waals surface area contributed by atoms with E-state index in [4.69, 9.17) is 44.7 Å². The summed E-state index contributed by atoms with van der Waals surface area (Å²) in [5, 5.41) is 28.0. The summed E-state index contributed by atoms with van der Waals surface area (Å²) < 4.78 is 63.5. The first kappa shape index (κ1) is 37.5. The van der Waals surface area contributed by atoms with E-state index in [9.17, 15) is 26.3 Å². The van der Waals surface area contributed by atoms with Gasteiger partial charge in [-0.2, -0.15) is 26.3 Å². The number of alkyl halides is 6. The Labute approximate surface area is 303 Å². The van der Waals surface area contributed by atoms with Crippen molar-refractivity contribution < 1.29 is 46.1 Å². The second kappa shape index (κ2) is 14.3. The molecule has 6 heterocycles. The molecule has 2 unspecified atom stereocenters. The van der Waals surface area contributed by atoms with E-state index in [0.717, 1.165) is 27.6 Å². The minimum Gasteiger partial charge on any atom is -0.475 e. The first-order valence-electron chi connectivity index (χ1n) is 15.6. The predicted octanol–water partition coefficient (Wildman–Crippen LogP) is 4.95. The van der Waals surface area contributed by atoms with Gasteiger partial charge < -0.3 is 30.8 Å². The molecule has 2 aliphatic heterocycles. The number of nitrogens with one attached hydrogen (secondary N) is 6.